The summed E-state index contributed by atoms with van der Waals surface area (Å²) in [6, 6.07) is 7.62. The van der Waals surface area contributed by atoms with Gasteiger partial charge in [0.25, 0.3) is 0 Å². The number of hydrogen-bond donors (Lipinski definition) is 1. The molecule has 0 spiro atoms. The van der Waals surface area contributed by atoms with Crippen LogP contribution in [0.5, 0.6) is 0 Å². The minimum absolute atomic E-state index is 0.0668. The molecule has 104 valence electrons. The van der Waals surface area contributed by atoms with E-state index in [1.165, 1.54) is 5.56 Å². The second kappa shape index (κ2) is 5.40. The van der Waals surface area contributed by atoms with Gasteiger partial charge >= 0.3 is 0 Å². The van der Waals surface area contributed by atoms with Gasteiger partial charge in [0.1, 0.15) is 0 Å². The average molecular weight is 347 g/mol. The minimum Gasteiger partial charge on any atom is -0.324 e. The first-order valence-corrected chi connectivity index (χ1v) is 7.72. The van der Waals surface area contributed by atoms with Crippen LogP contribution >= 0.6 is 46.4 Å². The van der Waals surface area contributed by atoms with Gasteiger partial charge in [-0.05, 0) is 35.6 Å². The van der Waals surface area contributed by atoms with Crippen LogP contribution in [0.25, 0.3) is 11.1 Å². The zero-order valence-corrected chi connectivity index (χ0v) is 13.4. The molecule has 0 aromatic heterocycles. The Hall–Kier alpha value is -0.440. The lowest BCUT2D eigenvalue weighted by molar-refractivity contribution is 0.713. The molecule has 0 saturated heterocycles. The van der Waals surface area contributed by atoms with Crippen LogP contribution in [0.15, 0.2) is 24.3 Å². The molecule has 1 aliphatic rings. The van der Waals surface area contributed by atoms with E-state index < -0.39 is 0 Å². The molecule has 1 nitrogen and oxygen atoms in total. The number of hydrogen-bond acceptors (Lipinski definition) is 1. The molecule has 1 atom stereocenters. The standard InChI is InChI=1S/C15H11Cl4N/c16-10-6-11(17)15(19)13(14(10)18)9-3-1-2-8-7(9)4-5-12(8)20/h1-3,6,12H,4-5,20H2. The van der Waals surface area contributed by atoms with Crippen molar-refractivity contribution in [3.8, 4) is 11.1 Å². The molecule has 0 fully saturated rings. The first-order chi connectivity index (χ1) is 9.50. The summed E-state index contributed by atoms with van der Waals surface area (Å²) in [5.74, 6) is 0. The fraction of sp³-hybridized carbons (Fsp3) is 0.200. The SMILES string of the molecule is NC1CCc2c(-c3c(Cl)c(Cl)cc(Cl)c3Cl)cccc21. The van der Waals surface area contributed by atoms with Crippen LogP contribution in [0, 0.1) is 0 Å². The van der Waals surface area contributed by atoms with Gasteiger partial charge in [-0.2, -0.15) is 0 Å². The van der Waals surface area contributed by atoms with E-state index in [4.69, 9.17) is 52.1 Å². The molecule has 0 bridgehead atoms. The fourth-order valence-electron chi connectivity index (χ4n) is 2.73. The van der Waals surface area contributed by atoms with Crippen molar-refractivity contribution in [2.24, 2.45) is 5.73 Å². The quantitative estimate of drug-likeness (QED) is 0.638. The maximum atomic E-state index is 6.34. The van der Waals surface area contributed by atoms with Crippen molar-refractivity contribution in [3.63, 3.8) is 0 Å². The highest BCUT2D eigenvalue weighted by Gasteiger charge is 2.25. The van der Waals surface area contributed by atoms with Crippen LogP contribution in [0.4, 0.5) is 0 Å². The largest absolute Gasteiger partial charge is 0.324 e. The molecule has 20 heavy (non-hydrogen) atoms. The summed E-state index contributed by atoms with van der Waals surface area (Å²) >= 11 is 24.9. The summed E-state index contributed by atoms with van der Waals surface area (Å²) < 4.78 is 0. The maximum Gasteiger partial charge on any atom is 0.0686 e. The lowest BCUT2D eigenvalue weighted by Gasteiger charge is -2.15. The molecule has 1 aliphatic carbocycles. The molecule has 1 unspecified atom stereocenters. The first kappa shape index (κ1) is 14.5. The molecule has 0 saturated carbocycles. The molecule has 0 radical (unpaired) electrons. The Morgan fingerprint density at radius 3 is 2.30 bits per heavy atom. The third kappa shape index (κ3) is 2.22. The number of benzene rings is 2. The molecule has 2 aromatic rings. The van der Waals surface area contributed by atoms with Crippen LogP contribution in [-0.2, 0) is 6.42 Å². The van der Waals surface area contributed by atoms with E-state index in [-0.39, 0.29) is 6.04 Å². The number of nitrogens with two attached hydrogens (primary N) is 1. The van der Waals surface area contributed by atoms with Crippen molar-refractivity contribution in [2.75, 3.05) is 0 Å². The smallest absolute Gasteiger partial charge is 0.0686 e. The van der Waals surface area contributed by atoms with E-state index in [0.29, 0.717) is 25.7 Å². The van der Waals surface area contributed by atoms with Gasteiger partial charge in [-0.15, -0.1) is 0 Å². The highest BCUT2D eigenvalue weighted by Crippen LogP contribution is 2.46. The molecule has 2 N–H and O–H groups in total. The van der Waals surface area contributed by atoms with Gasteiger partial charge in [0, 0.05) is 11.6 Å². The summed E-state index contributed by atoms with van der Waals surface area (Å²) in [6.07, 6.45) is 1.83. The number of rotatable bonds is 1. The molecular formula is C15H11Cl4N. The maximum absolute atomic E-state index is 6.34. The highest BCUT2D eigenvalue weighted by molar-refractivity contribution is 6.50. The molecule has 0 heterocycles. The van der Waals surface area contributed by atoms with Crippen LogP contribution in [-0.4, -0.2) is 0 Å². The first-order valence-electron chi connectivity index (χ1n) is 6.21. The van der Waals surface area contributed by atoms with Gasteiger partial charge in [-0.3, -0.25) is 0 Å². The van der Waals surface area contributed by atoms with Crippen LogP contribution in [0.3, 0.4) is 0 Å². The molecule has 2 aromatic carbocycles. The lowest BCUT2D eigenvalue weighted by Crippen LogP contribution is -2.05. The van der Waals surface area contributed by atoms with Gasteiger partial charge in [0.15, 0.2) is 0 Å². The van der Waals surface area contributed by atoms with E-state index >= 15 is 0 Å². The van der Waals surface area contributed by atoms with Crippen molar-refractivity contribution in [1.29, 1.82) is 0 Å². The Balaban J connectivity index is 2.31. The van der Waals surface area contributed by atoms with Crippen molar-refractivity contribution in [2.45, 2.75) is 18.9 Å². The van der Waals surface area contributed by atoms with Crippen molar-refractivity contribution >= 4 is 46.4 Å². The Kier molecular flexibility index (Phi) is 3.91. The normalized spacial score (nSPS) is 17.4. The van der Waals surface area contributed by atoms with E-state index in [1.54, 1.807) is 6.07 Å². The van der Waals surface area contributed by atoms with E-state index in [1.807, 2.05) is 18.2 Å². The Morgan fingerprint density at radius 2 is 1.65 bits per heavy atom. The predicted molar refractivity (Wildman–Crippen MR) is 87.2 cm³/mol. The van der Waals surface area contributed by atoms with Gasteiger partial charge in [0.05, 0.1) is 20.1 Å². The zero-order valence-electron chi connectivity index (χ0n) is 10.4. The Labute approximate surface area is 137 Å². The summed E-state index contributed by atoms with van der Waals surface area (Å²) in [4.78, 5) is 0. The zero-order chi connectivity index (χ0) is 14.4. The third-order valence-electron chi connectivity index (χ3n) is 3.70. The van der Waals surface area contributed by atoms with Gasteiger partial charge < -0.3 is 5.73 Å². The summed E-state index contributed by atoms with van der Waals surface area (Å²) in [5.41, 5.74) is 10.1. The second-order valence-corrected chi connectivity index (χ2v) is 6.43. The van der Waals surface area contributed by atoms with E-state index in [0.717, 1.165) is 24.0 Å². The minimum atomic E-state index is 0.0668. The van der Waals surface area contributed by atoms with Gasteiger partial charge in [-0.1, -0.05) is 64.6 Å². The second-order valence-electron chi connectivity index (χ2n) is 4.86. The Bertz CT molecular complexity index is 671. The van der Waals surface area contributed by atoms with E-state index in [2.05, 4.69) is 0 Å². The van der Waals surface area contributed by atoms with Crippen molar-refractivity contribution in [3.05, 3.63) is 55.5 Å². The number of halogens is 4. The predicted octanol–water partition coefficient (Wildman–Crippen LogP) is 5.91. The highest BCUT2D eigenvalue weighted by atomic mass is 35.5. The molecule has 0 amide bonds. The molecular weight excluding hydrogens is 336 g/mol. The Morgan fingerprint density at radius 1 is 1.00 bits per heavy atom. The van der Waals surface area contributed by atoms with Crippen LogP contribution in [0.1, 0.15) is 23.6 Å². The monoisotopic (exact) mass is 345 g/mol. The summed E-state index contributed by atoms with van der Waals surface area (Å²) in [7, 11) is 0. The number of fused-ring (bicyclic) bond motifs is 1. The van der Waals surface area contributed by atoms with Gasteiger partial charge in [-0.25, -0.2) is 0 Å². The van der Waals surface area contributed by atoms with Gasteiger partial charge in [0.2, 0.25) is 0 Å². The molecule has 3 rings (SSSR count). The van der Waals surface area contributed by atoms with E-state index in [9.17, 15) is 0 Å². The summed E-state index contributed by atoms with van der Waals surface area (Å²) in [6.45, 7) is 0. The van der Waals surface area contributed by atoms with Crippen LogP contribution < -0.4 is 5.73 Å². The average Bonchev–Trinajstić information content (AvgIpc) is 2.80. The molecule has 5 heteroatoms. The fourth-order valence-corrected chi connectivity index (χ4v) is 3.74. The summed E-state index contributed by atoms with van der Waals surface area (Å²) in [5, 5.41) is 1.65. The van der Waals surface area contributed by atoms with Crippen molar-refractivity contribution < 1.29 is 0 Å². The lowest BCUT2D eigenvalue weighted by atomic mass is 9.96. The molecule has 0 aliphatic heterocycles. The topological polar surface area (TPSA) is 26.0 Å². The van der Waals surface area contributed by atoms with Crippen molar-refractivity contribution in [1.82, 2.24) is 0 Å². The third-order valence-corrected chi connectivity index (χ3v) is 5.27. The van der Waals surface area contributed by atoms with Crippen LogP contribution in [0.2, 0.25) is 20.1 Å².